The number of amides is 3. The Labute approximate surface area is 179 Å². The molecule has 0 aliphatic carbocycles. The number of methoxy groups -OCH3 is 3. The summed E-state index contributed by atoms with van der Waals surface area (Å²) < 4.78 is 16.0. The molecule has 2 N–H and O–H groups in total. The zero-order valence-corrected chi connectivity index (χ0v) is 18.5. The largest absolute Gasteiger partial charge is 0.493 e. The lowest BCUT2D eigenvalue weighted by Gasteiger charge is -2.26. The molecule has 0 bridgehead atoms. The first-order chi connectivity index (χ1) is 14.4. The van der Waals surface area contributed by atoms with Crippen LogP contribution < -0.4 is 24.8 Å². The summed E-state index contributed by atoms with van der Waals surface area (Å²) in [5.74, 6) is 1.16. The average Bonchev–Trinajstić information content (AvgIpc) is 3.12. The van der Waals surface area contributed by atoms with Crippen LogP contribution in [0, 0.1) is 0 Å². The van der Waals surface area contributed by atoms with Crippen LogP contribution in [0.3, 0.4) is 0 Å². The number of carbonyl (C=O) groups excluding carboxylic acids is 2. The van der Waals surface area contributed by atoms with Gasteiger partial charge in [-0.1, -0.05) is 11.3 Å². The van der Waals surface area contributed by atoms with Gasteiger partial charge in [0.05, 0.1) is 33.6 Å². The van der Waals surface area contributed by atoms with E-state index < -0.39 is 0 Å². The molecule has 2 aromatic rings. The van der Waals surface area contributed by atoms with Crippen molar-refractivity contribution >= 4 is 28.4 Å². The molecule has 0 unspecified atom stereocenters. The Morgan fingerprint density at radius 1 is 1.13 bits per heavy atom. The highest BCUT2D eigenvalue weighted by Crippen LogP contribution is 2.39. The first-order valence-corrected chi connectivity index (χ1v) is 10.3. The van der Waals surface area contributed by atoms with Crippen LogP contribution in [0.1, 0.15) is 34.8 Å². The molecule has 0 radical (unpaired) electrons. The molecule has 9 nitrogen and oxygen atoms in total. The first kappa shape index (κ1) is 21.7. The summed E-state index contributed by atoms with van der Waals surface area (Å²) in [5.41, 5.74) is 1.36. The molecule has 3 amide bonds. The van der Waals surface area contributed by atoms with E-state index in [9.17, 15) is 9.59 Å². The highest BCUT2D eigenvalue weighted by atomic mass is 32.1. The first-order valence-electron chi connectivity index (χ1n) is 9.51. The number of hydrogen-bond donors (Lipinski definition) is 2. The fraction of sp³-hybridized carbons (Fsp3) is 0.450. The topological polar surface area (TPSA) is 102 Å². The van der Waals surface area contributed by atoms with Crippen molar-refractivity contribution in [1.29, 1.82) is 0 Å². The number of rotatable bonds is 6. The summed E-state index contributed by atoms with van der Waals surface area (Å²) in [5, 5.41) is 6.05. The number of benzene rings is 1. The van der Waals surface area contributed by atoms with Crippen molar-refractivity contribution < 1.29 is 23.8 Å². The van der Waals surface area contributed by atoms with E-state index >= 15 is 0 Å². The quantitative estimate of drug-likeness (QED) is 0.725. The van der Waals surface area contributed by atoms with Crippen LogP contribution in [0.4, 0.5) is 9.93 Å². The Kier molecular flexibility index (Phi) is 6.66. The van der Waals surface area contributed by atoms with Gasteiger partial charge in [-0.25, -0.2) is 9.78 Å². The van der Waals surface area contributed by atoms with Gasteiger partial charge >= 0.3 is 6.03 Å². The van der Waals surface area contributed by atoms with Crippen molar-refractivity contribution in [1.82, 2.24) is 15.2 Å². The van der Waals surface area contributed by atoms with Crippen molar-refractivity contribution in [2.45, 2.75) is 32.9 Å². The molecule has 1 aliphatic rings. The normalized spacial score (nSPS) is 12.9. The predicted octanol–water partition coefficient (Wildman–Crippen LogP) is 2.90. The smallest absolute Gasteiger partial charge is 0.321 e. The van der Waals surface area contributed by atoms with Crippen LogP contribution >= 0.6 is 11.3 Å². The van der Waals surface area contributed by atoms with Crippen LogP contribution in [0.25, 0.3) is 0 Å². The molecule has 0 spiro atoms. The number of aromatic nitrogens is 1. The van der Waals surface area contributed by atoms with E-state index in [1.54, 1.807) is 17.0 Å². The van der Waals surface area contributed by atoms with Gasteiger partial charge in [0.1, 0.15) is 0 Å². The summed E-state index contributed by atoms with van der Waals surface area (Å²) in [6.45, 7) is 4.73. The zero-order chi connectivity index (χ0) is 21.8. The third-order valence-corrected chi connectivity index (χ3v) is 5.57. The lowest BCUT2D eigenvalue weighted by molar-refractivity contribution is 0.0735. The Balaban J connectivity index is 1.77. The van der Waals surface area contributed by atoms with Crippen LogP contribution in [-0.4, -0.2) is 55.7 Å². The molecule has 1 aromatic heterocycles. The van der Waals surface area contributed by atoms with Gasteiger partial charge in [-0.3, -0.25) is 10.1 Å². The maximum atomic E-state index is 13.1. The number of thiazole rings is 1. The van der Waals surface area contributed by atoms with E-state index in [1.807, 2.05) is 13.8 Å². The molecule has 2 heterocycles. The molecule has 10 heteroatoms. The Bertz CT molecular complexity index is 918. The van der Waals surface area contributed by atoms with E-state index in [0.717, 1.165) is 10.6 Å². The van der Waals surface area contributed by atoms with E-state index in [4.69, 9.17) is 14.2 Å². The number of fused-ring (bicyclic) bond motifs is 1. The standard InChI is InChI=1S/C20H26N4O5S/c1-11(2)21-19(26)23-20-22-13-6-7-24(10-16(13)30-20)18(25)12-8-14(27-3)17(29-5)15(9-12)28-4/h8-9,11H,6-7,10H2,1-5H3,(H2,21,22,23,26). The number of nitrogens with one attached hydrogen (secondary N) is 2. The molecule has 0 saturated heterocycles. The molecule has 0 atom stereocenters. The van der Waals surface area contributed by atoms with Gasteiger partial charge < -0.3 is 24.4 Å². The monoisotopic (exact) mass is 434 g/mol. The third kappa shape index (κ3) is 4.59. The van der Waals surface area contributed by atoms with Gasteiger partial charge in [0, 0.05) is 29.4 Å². The highest BCUT2D eigenvalue weighted by molar-refractivity contribution is 7.15. The van der Waals surface area contributed by atoms with Gasteiger partial charge in [-0.05, 0) is 26.0 Å². The van der Waals surface area contributed by atoms with Gasteiger partial charge in [-0.2, -0.15) is 0 Å². The molecular formula is C20H26N4O5S. The SMILES string of the molecule is COc1cc(C(=O)N2CCc3nc(NC(=O)NC(C)C)sc3C2)cc(OC)c1OC. The summed E-state index contributed by atoms with van der Waals surface area (Å²) in [7, 11) is 4.55. The minimum Gasteiger partial charge on any atom is -0.493 e. The van der Waals surface area contributed by atoms with Crippen LogP contribution in [0.15, 0.2) is 12.1 Å². The van der Waals surface area contributed by atoms with Crippen LogP contribution in [0.5, 0.6) is 17.2 Å². The predicted molar refractivity (Wildman–Crippen MR) is 114 cm³/mol. The number of urea groups is 1. The minimum absolute atomic E-state index is 0.0335. The van der Waals surface area contributed by atoms with Crippen molar-refractivity contribution in [2.75, 3.05) is 33.2 Å². The van der Waals surface area contributed by atoms with E-state index in [2.05, 4.69) is 15.6 Å². The molecule has 0 saturated carbocycles. The van der Waals surface area contributed by atoms with Crippen molar-refractivity contribution in [3.8, 4) is 17.2 Å². The maximum Gasteiger partial charge on any atom is 0.321 e. The van der Waals surface area contributed by atoms with Gasteiger partial charge in [0.25, 0.3) is 5.91 Å². The number of carbonyl (C=O) groups is 2. The molecule has 162 valence electrons. The van der Waals surface area contributed by atoms with Crippen molar-refractivity contribution in [3.63, 3.8) is 0 Å². The second kappa shape index (κ2) is 9.21. The fourth-order valence-electron chi connectivity index (χ4n) is 3.20. The van der Waals surface area contributed by atoms with Gasteiger partial charge in [0.2, 0.25) is 5.75 Å². The molecule has 1 aromatic carbocycles. The number of anilines is 1. The van der Waals surface area contributed by atoms with E-state index in [-0.39, 0.29) is 18.0 Å². The van der Waals surface area contributed by atoms with Crippen molar-refractivity contribution in [3.05, 3.63) is 28.3 Å². The Morgan fingerprint density at radius 3 is 2.37 bits per heavy atom. The lowest BCUT2D eigenvalue weighted by atomic mass is 10.1. The highest BCUT2D eigenvalue weighted by Gasteiger charge is 2.27. The summed E-state index contributed by atoms with van der Waals surface area (Å²) >= 11 is 1.38. The number of ether oxygens (including phenoxy) is 3. The maximum absolute atomic E-state index is 13.1. The second-order valence-electron chi connectivity index (χ2n) is 7.03. The van der Waals surface area contributed by atoms with Crippen LogP contribution in [0.2, 0.25) is 0 Å². The zero-order valence-electron chi connectivity index (χ0n) is 17.7. The number of nitrogens with zero attached hydrogens (tertiary/aromatic N) is 2. The van der Waals surface area contributed by atoms with Gasteiger partial charge in [0.15, 0.2) is 16.6 Å². The minimum atomic E-state index is -0.290. The van der Waals surface area contributed by atoms with Crippen LogP contribution in [-0.2, 0) is 13.0 Å². The summed E-state index contributed by atoms with van der Waals surface area (Å²) in [6, 6.07) is 3.04. The molecule has 0 fully saturated rings. The fourth-order valence-corrected chi connectivity index (χ4v) is 4.22. The average molecular weight is 435 g/mol. The number of hydrogen-bond acceptors (Lipinski definition) is 7. The Hall–Kier alpha value is -3.01. The van der Waals surface area contributed by atoms with E-state index in [0.29, 0.717) is 47.5 Å². The van der Waals surface area contributed by atoms with Crippen molar-refractivity contribution in [2.24, 2.45) is 0 Å². The van der Waals surface area contributed by atoms with E-state index in [1.165, 1.54) is 32.7 Å². The summed E-state index contributed by atoms with van der Waals surface area (Å²) in [4.78, 5) is 32.2. The molecule has 3 rings (SSSR count). The lowest BCUT2D eigenvalue weighted by Crippen LogP contribution is -2.35. The molecular weight excluding hydrogens is 408 g/mol. The van der Waals surface area contributed by atoms with Gasteiger partial charge in [-0.15, -0.1) is 0 Å². The second-order valence-corrected chi connectivity index (χ2v) is 8.12. The third-order valence-electron chi connectivity index (χ3n) is 4.57. The Morgan fingerprint density at radius 2 is 1.80 bits per heavy atom. The molecule has 1 aliphatic heterocycles. The summed E-state index contributed by atoms with van der Waals surface area (Å²) in [6.07, 6.45) is 0.621. The molecule has 30 heavy (non-hydrogen) atoms.